The zero-order valence-corrected chi connectivity index (χ0v) is 17.0. The molecule has 136 valence electrons. The minimum absolute atomic E-state index is 0.362. The Morgan fingerprint density at radius 2 is 1.83 bits per heavy atom. The van der Waals surface area contributed by atoms with Crippen LogP contribution in [0.3, 0.4) is 0 Å². The SMILES string of the molecule is CNCCC(C)(C)CC(C)(C)CCN1CCCc2cc(Cl)ccc21. The van der Waals surface area contributed by atoms with Gasteiger partial charge in [0.1, 0.15) is 0 Å². The summed E-state index contributed by atoms with van der Waals surface area (Å²) in [7, 11) is 2.04. The molecule has 1 aromatic rings. The molecule has 24 heavy (non-hydrogen) atoms. The molecule has 1 aliphatic heterocycles. The molecule has 0 aliphatic carbocycles. The maximum Gasteiger partial charge on any atom is 0.0410 e. The molecule has 0 fully saturated rings. The highest BCUT2D eigenvalue weighted by Crippen LogP contribution is 2.39. The third-order valence-electron chi connectivity index (χ3n) is 5.32. The Bertz CT molecular complexity index is 537. The van der Waals surface area contributed by atoms with Gasteiger partial charge in [0.05, 0.1) is 0 Å². The summed E-state index contributed by atoms with van der Waals surface area (Å²) in [4.78, 5) is 2.57. The van der Waals surface area contributed by atoms with E-state index in [0.717, 1.165) is 24.5 Å². The Morgan fingerprint density at radius 3 is 2.54 bits per heavy atom. The Morgan fingerprint density at radius 1 is 1.12 bits per heavy atom. The molecule has 0 saturated heterocycles. The number of hydrogen-bond acceptors (Lipinski definition) is 2. The molecule has 1 aromatic carbocycles. The zero-order valence-electron chi connectivity index (χ0n) is 16.2. The third kappa shape index (κ3) is 5.67. The molecule has 0 spiro atoms. The molecular weight excluding hydrogens is 316 g/mol. The maximum atomic E-state index is 6.16. The van der Waals surface area contributed by atoms with E-state index in [1.165, 1.54) is 43.5 Å². The number of rotatable bonds is 8. The van der Waals surface area contributed by atoms with Crippen LogP contribution in [-0.4, -0.2) is 26.7 Å². The van der Waals surface area contributed by atoms with Crippen LogP contribution in [0.15, 0.2) is 18.2 Å². The molecule has 0 aromatic heterocycles. The zero-order chi connectivity index (χ0) is 17.8. The van der Waals surface area contributed by atoms with Gasteiger partial charge in [0.2, 0.25) is 0 Å². The summed E-state index contributed by atoms with van der Waals surface area (Å²) in [6.07, 6.45) is 6.13. The molecule has 3 heteroatoms. The second-order valence-corrected chi connectivity index (χ2v) is 9.41. The van der Waals surface area contributed by atoms with E-state index in [1.807, 2.05) is 13.1 Å². The summed E-state index contributed by atoms with van der Waals surface area (Å²) < 4.78 is 0. The Labute approximate surface area is 154 Å². The molecule has 2 rings (SSSR count). The van der Waals surface area contributed by atoms with Crippen LogP contribution >= 0.6 is 11.6 Å². The van der Waals surface area contributed by atoms with Crippen molar-refractivity contribution in [1.82, 2.24) is 5.32 Å². The van der Waals surface area contributed by atoms with Gasteiger partial charge in [0, 0.05) is 23.8 Å². The van der Waals surface area contributed by atoms with E-state index < -0.39 is 0 Å². The van der Waals surface area contributed by atoms with E-state index in [2.05, 4.69) is 50.0 Å². The van der Waals surface area contributed by atoms with Gasteiger partial charge in [0.25, 0.3) is 0 Å². The highest BCUT2D eigenvalue weighted by molar-refractivity contribution is 6.30. The van der Waals surface area contributed by atoms with Crippen molar-refractivity contribution in [3.63, 3.8) is 0 Å². The number of nitrogens with one attached hydrogen (secondary N) is 1. The van der Waals surface area contributed by atoms with Gasteiger partial charge in [-0.3, -0.25) is 0 Å². The molecule has 2 nitrogen and oxygen atoms in total. The Kier molecular flexibility index (Phi) is 6.61. The van der Waals surface area contributed by atoms with Crippen molar-refractivity contribution in [2.24, 2.45) is 10.8 Å². The first-order valence-corrected chi connectivity index (χ1v) is 9.78. The lowest BCUT2D eigenvalue weighted by atomic mass is 9.72. The van der Waals surface area contributed by atoms with Crippen LogP contribution in [0.25, 0.3) is 0 Å². The first-order valence-electron chi connectivity index (χ1n) is 9.40. The fourth-order valence-electron chi connectivity index (χ4n) is 4.25. The van der Waals surface area contributed by atoms with Gasteiger partial charge in [0.15, 0.2) is 0 Å². The van der Waals surface area contributed by atoms with Crippen LogP contribution in [0, 0.1) is 10.8 Å². The van der Waals surface area contributed by atoms with Crippen molar-refractivity contribution in [3.05, 3.63) is 28.8 Å². The van der Waals surface area contributed by atoms with Gasteiger partial charge >= 0.3 is 0 Å². The lowest BCUT2D eigenvalue weighted by Gasteiger charge is -2.38. The van der Waals surface area contributed by atoms with E-state index >= 15 is 0 Å². The van der Waals surface area contributed by atoms with Crippen molar-refractivity contribution < 1.29 is 0 Å². The van der Waals surface area contributed by atoms with E-state index in [-0.39, 0.29) is 0 Å². The maximum absolute atomic E-state index is 6.16. The molecule has 0 saturated carbocycles. The molecule has 0 unspecified atom stereocenters. The van der Waals surface area contributed by atoms with Crippen molar-refractivity contribution >= 4 is 17.3 Å². The summed E-state index contributed by atoms with van der Waals surface area (Å²) in [5.74, 6) is 0. The largest absolute Gasteiger partial charge is 0.371 e. The molecule has 0 radical (unpaired) electrons. The average molecular weight is 351 g/mol. The van der Waals surface area contributed by atoms with Crippen LogP contribution in [0.2, 0.25) is 5.02 Å². The van der Waals surface area contributed by atoms with Crippen LogP contribution < -0.4 is 10.2 Å². The second-order valence-electron chi connectivity index (χ2n) is 8.97. The van der Waals surface area contributed by atoms with E-state index in [1.54, 1.807) is 0 Å². The monoisotopic (exact) mass is 350 g/mol. The fraction of sp³-hybridized carbons (Fsp3) is 0.714. The van der Waals surface area contributed by atoms with Crippen molar-refractivity contribution in [2.75, 3.05) is 31.6 Å². The minimum Gasteiger partial charge on any atom is -0.371 e. The highest BCUT2D eigenvalue weighted by atomic mass is 35.5. The third-order valence-corrected chi connectivity index (χ3v) is 5.56. The Hall–Kier alpha value is -0.730. The first-order chi connectivity index (χ1) is 11.2. The predicted molar refractivity (Wildman–Crippen MR) is 107 cm³/mol. The van der Waals surface area contributed by atoms with E-state index in [4.69, 9.17) is 11.6 Å². The number of nitrogens with zero attached hydrogens (tertiary/aromatic N) is 1. The van der Waals surface area contributed by atoms with Gasteiger partial charge in [-0.25, -0.2) is 0 Å². The molecule has 1 heterocycles. The number of anilines is 1. The lowest BCUT2D eigenvalue weighted by molar-refractivity contribution is 0.173. The topological polar surface area (TPSA) is 15.3 Å². The summed E-state index contributed by atoms with van der Waals surface area (Å²) in [6, 6.07) is 6.39. The van der Waals surface area contributed by atoms with Crippen LogP contribution in [0.5, 0.6) is 0 Å². The normalized spacial score (nSPS) is 15.5. The van der Waals surface area contributed by atoms with Gasteiger partial charge in [-0.15, -0.1) is 0 Å². The molecule has 1 aliphatic rings. The number of benzene rings is 1. The van der Waals surface area contributed by atoms with Gasteiger partial charge in [-0.05, 0) is 80.3 Å². The summed E-state index contributed by atoms with van der Waals surface area (Å²) in [5, 5.41) is 4.15. The van der Waals surface area contributed by atoms with Crippen LogP contribution in [0.1, 0.15) is 58.9 Å². The van der Waals surface area contributed by atoms with Gasteiger partial charge in [-0.1, -0.05) is 39.3 Å². The highest BCUT2D eigenvalue weighted by Gasteiger charge is 2.29. The number of fused-ring (bicyclic) bond motifs is 1. The second kappa shape index (κ2) is 8.10. The Balaban J connectivity index is 1.95. The van der Waals surface area contributed by atoms with Gasteiger partial charge in [-0.2, -0.15) is 0 Å². The lowest BCUT2D eigenvalue weighted by Crippen LogP contribution is -2.34. The number of aryl methyl sites for hydroxylation is 1. The van der Waals surface area contributed by atoms with Crippen molar-refractivity contribution in [1.29, 1.82) is 0 Å². The molecule has 0 amide bonds. The minimum atomic E-state index is 0.362. The summed E-state index contributed by atoms with van der Waals surface area (Å²) in [6.45, 7) is 13.1. The van der Waals surface area contributed by atoms with Crippen LogP contribution in [0.4, 0.5) is 5.69 Å². The molecule has 0 bridgehead atoms. The molecule has 1 N–H and O–H groups in total. The smallest absolute Gasteiger partial charge is 0.0410 e. The number of hydrogen-bond donors (Lipinski definition) is 1. The molecular formula is C21H35ClN2. The quantitative estimate of drug-likeness (QED) is 0.662. The summed E-state index contributed by atoms with van der Waals surface area (Å²) in [5.41, 5.74) is 3.57. The van der Waals surface area contributed by atoms with Crippen LogP contribution in [-0.2, 0) is 6.42 Å². The predicted octanol–water partition coefficient (Wildman–Crippen LogP) is 5.53. The number of halogens is 1. The summed E-state index contributed by atoms with van der Waals surface area (Å²) >= 11 is 6.16. The van der Waals surface area contributed by atoms with Gasteiger partial charge < -0.3 is 10.2 Å². The molecule has 0 atom stereocenters. The van der Waals surface area contributed by atoms with Crippen molar-refractivity contribution in [2.45, 2.75) is 59.8 Å². The fourth-order valence-corrected chi connectivity index (χ4v) is 4.44. The van der Waals surface area contributed by atoms with E-state index in [9.17, 15) is 0 Å². The standard InChI is InChI=1S/C21H35ClN2/c1-20(2,10-12-23-5)16-21(3,4)11-14-24-13-6-7-17-15-18(22)8-9-19(17)24/h8-9,15,23H,6-7,10-14,16H2,1-5H3. The average Bonchev–Trinajstić information content (AvgIpc) is 2.49. The van der Waals surface area contributed by atoms with E-state index in [0.29, 0.717) is 10.8 Å². The van der Waals surface area contributed by atoms with Crippen molar-refractivity contribution in [3.8, 4) is 0 Å². The first kappa shape index (κ1) is 19.6.